The van der Waals surface area contributed by atoms with Crippen LogP contribution in [0.4, 0.5) is 5.82 Å². The van der Waals surface area contributed by atoms with E-state index in [1.165, 1.54) is 71.6 Å². The van der Waals surface area contributed by atoms with Gasteiger partial charge < -0.3 is 9.80 Å². The summed E-state index contributed by atoms with van der Waals surface area (Å²) in [6, 6.07) is 6.99. The molecule has 4 heterocycles. The van der Waals surface area contributed by atoms with Crippen LogP contribution >= 0.6 is 0 Å². The number of piperazine rings is 1. The van der Waals surface area contributed by atoms with Gasteiger partial charge in [0, 0.05) is 64.6 Å². The Balaban J connectivity index is 1.15. The van der Waals surface area contributed by atoms with E-state index in [9.17, 15) is 0 Å². The number of hydrogen-bond donors (Lipinski definition) is 0. The van der Waals surface area contributed by atoms with Crippen molar-refractivity contribution in [3.05, 3.63) is 24.4 Å². The molecule has 3 fully saturated rings. The molecule has 0 aliphatic carbocycles. The van der Waals surface area contributed by atoms with Gasteiger partial charge in [-0.1, -0.05) is 12.5 Å². The standard InChI is InChI=1S/C19H31N5/c1-4-8-21(9-5-1)10-11-22-16-18(17-22)23-12-14-24(15-13-23)19-6-2-3-7-20-19/h2-3,6-7,18H,1,4-5,8-17H2. The van der Waals surface area contributed by atoms with E-state index in [0.29, 0.717) is 0 Å². The number of likely N-dealkylation sites (tertiary alicyclic amines) is 2. The van der Waals surface area contributed by atoms with Crippen LogP contribution in [0.2, 0.25) is 0 Å². The van der Waals surface area contributed by atoms with Gasteiger partial charge in [-0.05, 0) is 38.1 Å². The predicted molar refractivity (Wildman–Crippen MR) is 98.5 cm³/mol. The third-order valence-electron chi connectivity index (χ3n) is 5.92. The van der Waals surface area contributed by atoms with Gasteiger partial charge in [0.15, 0.2) is 0 Å². The Bertz CT molecular complexity index is 488. The molecule has 24 heavy (non-hydrogen) atoms. The fourth-order valence-electron chi connectivity index (χ4n) is 4.28. The number of nitrogens with zero attached hydrogens (tertiary/aromatic N) is 5. The number of rotatable bonds is 5. The van der Waals surface area contributed by atoms with E-state index >= 15 is 0 Å². The lowest BCUT2D eigenvalue weighted by Gasteiger charge is -2.48. The van der Waals surface area contributed by atoms with Crippen LogP contribution in [-0.2, 0) is 0 Å². The van der Waals surface area contributed by atoms with Crippen LogP contribution in [-0.4, -0.2) is 91.2 Å². The molecule has 0 amide bonds. The largest absolute Gasteiger partial charge is 0.354 e. The molecule has 0 spiro atoms. The van der Waals surface area contributed by atoms with E-state index < -0.39 is 0 Å². The molecule has 0 bridgehead atoms. The number of hydrogen-bond acceptors (Lipinski definition) is 5. The smallest absolute Gasteiger partial charge is 0.128 e. The lowest BCUT2D eigenvalue weighted by atomic mass is 10.1. The quantitative estimate of drug-likeness (QED) is 0.813. The summed E-state index contributed by atoms with van der Waals surface area (Å²) in [7, 11) is 0. The zero-order valence-corrected chi connectivity index (χ0v) is 14.8. The normalized spacial score (nSPS) is 24.9. The Morgan fingerprint density at radius 1 is 0.833 bits per heavy atom. The van der Waals surface area contributed by atoms with Gasteiger partial charge in [0.1, 0.15) is 5.82 Å². The van der Waals surface area contributed by atoms with E-state index in [0.717, 1.165) is 24.9 Å². The monoisotopic (exact) mass is 329 g/mol. The summed E-state index contributed by atoms with van der Waals surface area (Å²) in [6.45, 7) is 12.3. The predicted octanol–water partition coefficient (Wildman–Crippen LogP) is 1.37. The molecule has 0 radical (unpaired) electrons. The number of aromatic nitrogens is 1. The number of pyridine rings is 1. The maximum absolute atomic E-state index is 4.48. The fourth-order valence-corrected chi connectivity index (χ4v) is 4.28. The topological polar surface area (TPSA) is 25.9 Å². The molecule has 0 saturated carbocycles. The van der Waals surface area contributed by atoms with Crippen LogP contribution in [0, 0.1) is 0 Å². The molecule has 5 heteroatoms. The van der Waals surface area contributed by atoms with Gasteiger partial charge >= 0.3 is 0 Å². The molecule has 3 aliphatic rings. The highest BCUT2D eigenvalue weighted by Crippen LogP contribution is 2.19. The molecule has 4 rings (SSSR count). The van der Waals surface area contributed by atoms with Gasteiger partial charge in [0.2, 0.25) is 0 Å². The van der Waals surface area contributed by atoms with Crippen molar-refractivity contribution < 1.29 is 0 Å². The van der Waals surface area contributed by atoms with Gasteiger partial charge in [-0.3, -0.25) is 9.80 Å². The third-order valence-corrected chi connectivity index (χ3v) is 5.92. The lowest BCUT2D eigenvalue weighted by molar-refractivity contribution is 0.0236. The molecule has 0 atom stereocenters. The van der Waals surface area contributed by atoms with Crippen LogP contribution in [0.5, 0.6) is 0 Å². The first kappa shape index (κ1) is 16.3. The minimum absolute atomic E-state index is 0.789. The number of anilines is 1. The van der Waals surface area contributed by atoms with Crippen molar-refractivity contribution in [3.63, 3.8) is 0 Å². The second-order valence-corrected chi connectivity index (χ2v) is 7.53. The summed E-state index contributed by atoms with van der Waals surface area (Å²) in [5.74, 6) is 1.13. The van der Waals surface area contributed by atoms with Crippen molar-refractivity contribution in [3.8, 4) is 0 Å². The Morgan fingerprint density at radius 2 is 1.58 bits per heavy atom. The average Bonchev–Trinajstić information content (AvgIpc) is 2.62. The minimum atomic E-state index is 0.789. The maximum Gasteiger partial charge on any atom is 0.128 e. The summed E-state index contributed by atoms with van der Waals surface area (Å²) in [5, 5.41) is 0. The Hall–Kier alpha value is -1.17. The molecule has 3 saturated heterocycles. The van der Waals surface area contributed by atoms with Crippen LogP contribution < -0.4 is 4.90 Å². The second kappa shape index (κ2) is 7.81. The summed E-state index contributed by atoms with van der Waals surface area (Å²) in [5.41, 5.74) is 0. The van der Waals surface area contributed by atoms with E-state index in [4.69, 9.17) is 0 Å². The molecular weight excluding hydrogens is 298 g/mol. The van der Waals surface area contributed by atoms with Gasteiger partial charge in [-0.2, -0.15) is 0 Å². The van der Waals surface area contributed by atoms with E-state index in [1.807, 2.05) is 12.3 Å². The summed E-state index contributed by atoms with van der Waals surface area (Å²) >= 11 is 0. The fraction of sp³-hybridized carbons (Fsp3) is 0.737. The second-order valence-electron chi connectivity index (χ2n) is 7.53. The van der Waals surface area contributed by atoms with Crippen molar-refractivity contribution in [2.75, 3.05) is 70.3 Å². The molecule has 132 valence electrons. The van der Waals surface area contributed by atoms with Gasteiger partial charge in [-0.15, -0.1) is 0 Å². The zero-order chi connectivity index (χ0) is 16.2. The van der Waals surface area contributed by atoms with Crippen molar-refractivity contribution in [1.29, 1.82) is 0 Å². The van der Waals surface area contributed by atoms with Gasteiger partial charge in [0.05, 0.1) is 0 Å². The highest BCUT2D eigenvalue weighted by molar-refractivity contribution is 5.38. The van der Waals surface area contributed by atoms with Crippen molar-refractivity contribution in [2.45, 2.75) is 25.3 Å². The van der Waals surface area contributed by atoms with E-state index in [2.05, 4.69) is 36.7 Å². The van der Waals surface area contributed by atoms with Crippen LogP contribution in [0.1, 0.15) is 19.3 Å². The van der Waals surface area contributed by atoms with Crippen molar-refractivity contribution in [1.82, 2.24) is 19.7 Å². The molecule has 5 nitrogen and oxygen atoms in total. The van der Waals surface area contributed by atoms with E-state index in [-0.39, 0.29) is 0 Å². The number of piperidine rings is 1. The summed E-state index contributed by atoms with van der Waals surface area (Å²) in [4.78, 5) is 14.9. The molecule has 1 aromatic rings. The van der Waals surface area contributed by atoms with Gasteiger partial charge in [-0.25, -0.2) is 4.98 Å². The van der Waals surface area contributed by atoms with Crippen LogP contribution in [0.3, 0.4) is 0 Å². The minimum Gasteiger partial charge on any atom is -0.354 e. The lowest BCUT2D eigenvalue weighted by Crippen LogP contribution is -2.63. The average molecular weight is 329 g/mol. The molecule has 3 aliphatic heterocycles. The molecular formula is C19H31N5. The Morgan fingerprint density at radius 3 is 2.29 bits per heavy atom. The summed E-state index contributed by atoms with van der Waals surface area (Å²) in [6.07, 6.45) is 6.15. The molecule has 0 unspecified atom stereocenters. The first-order valence-corrected chi connectivity index (χ1v) is 9.73. The maximum atomic E-state index is 4.48. The first-order valence-electron chi connectivity index (χ1n) is 9.73. The zero-order valence-electron chi connectivity index (χ0n) is 14.8. The highest BCUT2D eigenvalue weighted by Gasteiger charge is 2.33. The van der Waals surface area contributed by atoms with E-state index in [1.54, 1.807) is 0 Å². The molecule has 1 aromatic heterocycles. The van der Waals surface area contributed by atoms with Crippen molar-refractivity contribution in [2.24, 2.45) is 0 Å². The Labute approximate surface area is 146 Å². The van der Waals surface area contributed by atoms with Crippen LogP contribution in [0.25, 0.3) is 0 Å². The highest BCUT2D eigenvalue weighted by atomic mass is 15.4. The molecule has 0 N–H and O–H groups in total. The third kappa shape index (κ3) is 3.90. The first-order chi connectivity index (χ1) is 11.9. The Kier molecular flexibility index (Phi) is 5.30. The van der Waals surface area contributed by atoms with Crippen molar-refractivity contribution >= 4 is 5.82 Å². The van der Waals surface area contributed by atoms with Gasteiger partial charge in [0.25, 0.3) is 0 Å². The summed E-state index contributed by atoms with van der Waals surface area (Å²) < 4.78 is 0. The SMILES string of the molecule is c1ccc(N2CCN(C3CN(CCN4CCCCC4)C3)CC2)nc1. The molecule has 0 aromatic carbocycles. The van der Waals surface area contributed by atoms with Crippen LogP contribution in [0.15, 0.2) is 24.4 Å².